The van der Waals surface area contributed by atoms with Gasteiger partial charge in [0.1, 0.15) is 5.82 Å². The molecule has 0 unspecified atom stereocenters. The number of primary amides is 1. The second kappa shape index (κ2) is 5.84. The first-order valence-corrected chi connectivity index (χ1v) is 6.42. The van der Waals surface area contributed by atoms with E-state index in [0.29, 0.717) is 16.6 Å². The summed E-state index contributed by atoms with van der Waals surface area (Å²) in [5.74, 6) is -0.740. The van der Waals surface area contributed by atoms with Gasteiger partial charge in [0.15, 0.2) is 0 Å². The number of carbonyl (C=O) groups is 1. The molecule has 0 radical (unpaired) electrons. The third-order valence-corrected chi connectivity index (χ3v) is 3.05. The number of anilines is 1. The van der Waals surface area contributed by atoms with Gasteiger partial charge >= 0.3 is 0 Å². The molecular weight excluding hydrogens is 311 g/mol. The van der Waals surface area contributed by atoms with Crippen molar-refractivity contribution in [3.05, 3.63) is 63.9 Å². The molecule has 0 aliphatic heterocycles. The molecule has 0 aromatic heterocycles. The fourth-order valence-corrected chi connectivity index (χ4v) is 2.18. The Hall–Kier alpha value is -1.88. The van der Waals surface area contributed by atoms with E-state index in [-0.39, 0.29) is 5.82 Å². The van der Waals surface area contributed by atoms with E-state index >= 15 is 0 Å². The van der Waals surface area contributed by atoms with Crippen LogP contribution in [0.2, 0.25) is 0 Å². The van der Waals surface area contributed by atoms with Gasteiger partial charge in [-0.2, -0.15) is 0 Å². The molecule has 19 heavy (non-hydrogen) atoms. The van der Waals surface area contributed by atoms with Crippen LogP contribution in [0.4, 0.5) is 10.1 Å². The summed E-state index contributed by atoms with van der Waals surface area (Å²) in [5.41, 5.74) is 7.28. The Morgan fingerprint density at radius 1 is 1.21 bits per heavy atom. The Labute approximate surface area is 118 Å². The Morgan fingerprint density at radius 2 is 1.89 bits per heavy atom. The summed E-state index contributed by atoms with van der Waals surface area (Å²) in [7, 11) is 0. The van der Waals surface area contributed by atoms with Crippen LogP contribution in [0.15, 0.2) is 46.9 Å². The molecule has 0 atom stereocenters. The predicted molar refractivity (Wildman–Crippen MR) is 76.4 cm³/mol. The smallest absolute Gasteiger partial charge is 0.248 e. The molecule has 1 amide bonds. The van der Waals surface area contributed by atoms with Crippen LogP contribution in [-0.2, 0) is 6.54 Å². The van der Waals surface area contributed by atoms with E-state index in [9.17, 15) is 9.18 Å². The zero-order valence-electron chi connectivity index (χ0n) is 9.99. The summed E-state index contributed by atoms with van der Waals surface area (Å²) in [6.07, 6.45) is 0. The summed E-state index contributed by atoms with van der Waals surface area (Å²) in [4.78, 5) is 10.9. The van der Waals surface area contributed by atoms with E-state index in [1.54, 1.807) is 24.3 Å². The SMILES string of the molecule is NC(=O)c1ccc(NCc2cc(F)cc(Br)c2)cc1. The maximum atomic E-state index is 13.2. The molecule has 0 spiro atoms. The van der Waals surface area contributed by atoms with Crippen LogP contribution in [0.1, 0.15) is 15.9 Å². The van der Waals surface area contributed by atoms with Gasteiger partial charge in [0.05, 0.1) is 0 Å². The molecule has 98 valence electrons. The number of nitrogens with two attached hydrogens (primary N) is 1. The average Bonchev–Trinajstić information content (AvgIpc) is 2.36. The van der Waals surface area contributed by atoms with E-state index in [1.807, 2.05) is 6.07 Å². The number of halogens is 2. The first-order valence-electron chi connectivity index (χ1n) is 5.63. The highest BCUT2D eigenvalue weighted by atomic mass is 79.9. The van der Waals surface area contributed by atoms with Gasteiger partial charge in [-0.3, -0.25) is 4.79 Å². The van der Waals surface area contributed by atoms with Gasteiger partial charge in [-0.05, 0) is 48.0 Å². The van der Waals surface area contributed by atoms with E-state index in [1.165, 1.54) is 12.1 Å². The molecule has 3 nitrogen and oxygen atoms in total. The highest BCUT2D eigenvalue weighted by Crippen LogP contribution is 2.16. The lowest BCUT2D eigenvalue weighted by Gasteiger charge is -2.07. The zero-order chi connectivity index (χ0) is 13.8. The van der Waals surface area contributed by atoms with Gasteiger partial charge in [-0.1, -0.05) is 15.9 Å². The lowest BCUT2D eigenvalue weighted by Crippen LogP contribution is -2.10. The van der Waals surface area contributed by atoms with Gasteiger partial charge in [0.25, 0.3) is 0 Å². The Morgan fingerprint density at radius 3 is 2.47 bits per heavy atom. The fraction of sp³-hybridized carbons (Fsp3) is 0.0714. The van der Waals surface area contributed by atoms with Crippen molar-refractivity contribution in [2.24, 2.45) is 5.73 Å². The van der Waals surface area contributed by atoms with Crippen molar-refractivity contribution in [3.63, 3.8) is 0 Å². The van der Waals surface area contributed by atoms with Gasteiger partial charge in [0, 0.05) is 22.3 Å². The zero-order valence-corrected chi connectivity index (χ0v) is 11.6. The summed E-state index contributed by atoms with van der Waals surface area (Å²) < 4.78 is 13.9. The van der Waals surface area contributed by atoms with E-state index in [4.69, 9.17) is 5.73 Å². The minimum atomic E-state index is -0.458. The number of rotatable bonds is 4. The number of nitrogens with one attached hydrogen (secondary N) is 1. The highest BCUT2D eigenvalue weighted by Gasteiger charge is 2.01. The normalized spacial score (nSPS) is 10.2. The van der Waals surface area contributed by atoms with Crippen LogP contribution in [-0.4, -0.2) is 5.91 Å². The van der Waals surface area contributed by atoms with Crippen molar-refractivity contribution < 1.29 is 9.18 Å². The Bertz CT molecular complexity index is 579. The molecule has 0 fully saturated rings. The van der Waals surface area contributed by atoms with Crippen LogP contribution in [0.25, 0.3) is 0 Å². The molecule has 0 aliphatic rings. The van der Waals surface area contributed by atoms with Crippen molar-refractivity contribution in [1.82, 2.24) is 0 Å². The highest BCUT2D eigenvalue weighted by molar-refractivity contribution is 9.10. The van der Waals surface area contributed by atoms with Crippen LogP contribution in [0.5, 0.6) is 0 Å². The van der Waals surface area contributed by atoms with Gasteiger partial charge < -0.3 is 11.1 Å². The van der Waals surface area contributed by atoms with Gasteiger partial charge in [0.2, 0.25) is 5.91 Å². The van der Waals surface area contributed by atoms with Crippen LogP contribution in [0.3, 0.4) is 0 Å². The molecular formula is C14H12BrFN2O. The van der Waals surface area contributed by atoms with Gasteiger partial charge in [-0.25, -0.2) is 4.39 Å². The molecule has 0 aliphatic carbocycles. The average molecular weight is 323 g/mol. The van der Waals surface area contributed by atoms with Gasteiger partial charge in [-0.15, -0.1) is 0 Å². The molecule has 3 N–H and O–H groups in total. The summed E-state index contributed by atoms with van der Waals surface area (Å²) in [6, 6.07) is 11.5. The first-order chi connectivity index (χ1) is 9.04. The Balaban J connectivity index is 2.03. The molecule has 2 rings (SSSR count). The van der Waals surface area contributed by atoms with Crippen LogP contribution < -0.4 is 11.1 Å². The monoisotopic (exact) mass is 322 g/mol. The summed E-state index contributed by atoms with van der Waals surface area (Å²) >= 11 is 3.25. The van der Waals surface area contributed by atoms with E-state index in [2.05, 4.69) is 21.2 Å². The molecule has 0 saturated heterocycles. The van der Waals surface area contributed by atoms with E-state index in [0.717, 1.165) is 11.3 Å². The van der Waals surface area contributed by atoms with Crippen LogP contribution >= 0.6 is 15.9 Å². The van der Waals surface area contributed by atoms with Crippen molar-refractivity contribution in [2.75, 3.05) is 5.32 Å². The number of amides is 1. The number of hydrogen-bond acceptors (Lipinski definition) is 2. The fourth-order valence-electron chi connectivity index (χ4n) is 1.67. The lowest BCUT2D eigenvalue weighted by atomic mass is 10.2. The second-order valence-corrected chi connectivity index (χ2v) is 4.99. The van der Waals surface area contributed by atoms with E-state index < -0.39 is 5.91 Å². The topological polar surface area (TPSA) is 55.1 Å². The maximum Gasteiger partial charge on any atom is 0.248 e. The minimum absolute atomic E-state index is 0.282. The first kappa shape index (κ1) is 13.5. The Kier molecular flexibility index (Phi) is 4.16. The standard InChI is InChI=1S/C14H12BrFN2O/c15-11-5-9(6-12(16)7-11)8-18-13-3-1-10(2-4-13)14(17)19/h1-7,18H,8H2,(H2,17,19). The lowest BCUT2D eigenvalue weighted by molar-refractivity contribution is 0.100. The third-order valence-electron chi connectivity index (χ3n) is 2.59. The molecule has 5 heteroatoms. The largest absolute Gasteiger partial charge is 0.381 e. The molecule has 2 aromatic rings. The molecule has 0 saturated carbocycles. The van der Waals surface area contributed by atoms with Crippen LogP contribution in [0, 0.1) is 5.82 Å². The van der Waals surface area contributed by atoms with Crippen molar-refractivity contribution in [1.29, 1.82) is 0 Å². The summed E-state index contributed by atoms with van der Waals surface area (Å²) in [6.45, 7) is 0.492. The van der Waals surface area contributed by atoms with Crippen molar-refractivity contribution >= 4 is 27.5 Å². The predicted octanol–water partition coefficient (Wildman–Crippen LogP) is 3.30. The molecule has 0 bridgehead atoms. The number of hydrogen-bond donors (Lipinski definition) is 2. The molecule has 2 aromatic carbocycles. The third kappa shape index (κ3) is 3.79. The minimum Gasteiger partial charge on any atom is -0.381 e. The number of carbonyl (C=O) groups excluding carboxylic acids is 1. The van der Waals surface area contributed by atoms with Crippen molar-refractivity contribution in [3.8, 4) is 0 Å². The summed E-state index contributed by atoms with van der Waals surface area (Å²) in [5, 5.41) is 3.14. The van der Waals surface area contributed by atoms with Crippen molar-refractivity contribution in [2.45, 2.75) is 6.54 Å². The number of benzene rings is 2. The second-order valence-electron chi connectivity index (χ2n) is 4.07. The maximum absolute atomic E-state index is 13.2. The molecule has 0 heterocycles. The quantitative estimate of drug-likeness (QED) is 0.907.